The lowest BCUT2D eigenvalue weighted by atomic mass is 10.1. The zero-order chi connectivity index (χ0) is 21.7. The highest BCUT2D eigenvalue weighted by molar-refractivity contribution is 6.10. The van der Waals surface area contributed by atoms with Crippen LogP contribution in [-0.4, -0.2) is 41.9 Å². The second-order valence-corrected chi connectivity index (χ2v) is 6.16. The zero-order valence-corrected chi connectivity index (χ0v) is 16.5. The van der Waals surface area contributed by atoms with Gasteiger partial charge in [0.1, 0.15) is 22.6 Å². The number of amides is 1. The van der Waals surface area contributed by atoms with Crippen LogP contribution in [0.5, 0.6) is 5.75 Å². The van der Waals surface area contributed by atoms with Gasteiger partial charge in [-0.05, 0) is 45.4 Å². The average Bonchev–Trinajstić information content (AvgIpc) is 2.96. The maximum atomic E-state index is 12.2. The molecule has 1 heterocycles. The van der Waals surface area contributed by atoms with Crippen LogP contribution in [0.2, 0.25) is 0 Å². The quantitative estimate of drug-likeness (QED) is 0.533. The van der Waals surface area contributed by atoms with E-state index in [1.807, 2.05) is 0 Å². The Morgan fingerprint density at radius 2 is 1.76 bits per heavy atom. The van der Waals surface area contributed by atoms with E-state index < -0.39 is 30.2 Å². The molecule has 0 saturated heterocycles. The molecule has 0 aliphatic rings. The molecule has 0 spiro atoms. The smallest absolute Gasteiger partial charge is 0.344 e. The van der Waals surface area contributed by atoms with E-state index >= 15 is 0 Å². The fourth-order valence-corrected chi connectivity index (χ4v) is 2.64. The molecule has 0 radical (unpaired) electrons. The Morgan fingerprint density at radius 3 is 2.34 bits per heavy atom. The van der Waals surface area contributed by atoms with Crippen LogP contribution in [0.1, 0.15) is 56.2 Å². The summed E-state index contributed by atoms with van der Waals surface area (Å²) in [7, 11) is 0. The lowest BCUT2D eigenvalue weighted by Crippen LogP contribution is -2.22. The first-order valence-corrected chi connectivity index (χ1v) is 8.73. The van der Waals surface area contributed by atoms with Crippen LogP contribution in [0.4, 0.5) is 5.88 Å². The Balaban J connectivity index is 2.14. The number of hydrogen-bond acceptors (Lipinski definition) is 8. The van der Waals surface area contributed by atoms with Crippen molar-refractivity contribution in [2.75, 3.05) is 18.5 Å². The Labute approximate surface area is 166 Å². The highest BCUT2D eigenvalue weighted by Gasteiger charge is 2.29. The van der Waals surface area contributed by atoms with Crippen molar-refractivity contribution in [3.8, 4) is 5.75 Å². The Kier molecular flexibility index (Phi) is 6.76. The number of phenolic OH excluding ortho intramolecular Hbond substituents is 1. The molecule has 154 valence electrons. The summed E-state index contributed by atoms with van der Waals surface area (Å²) in [6, 6.07) is 4.37. The summed E-state index contributed by atoms with van der Waals surface area (Å²) in [6.07, 6.45) is 0. The van der Waals surface area contributed by atoms with Gasteiger partial charge in [0, 0.05) is 0 Å². The van der Waals surface area contributed by atoms with E-state index in [1.165, 1.54) is 26.0 Å². The molecule has 9 heteroatoms. The predicted molar refractivity (Wildman–Crippen MR) is 101 cm³/mol. The largest absolute Gasteiger partial charge is 0.507 e. The van der Waals surface area contributed by atoms with Gasteiger partial charge in [0.2, 0.25) is 5.88 Å². The van der Waals surface area contributed by atoms with Crippen LogP contribution in [0.3, 0.4) is 0 Å². The molecule has 1 aromatic carbocycles. The second kappa shape index (κ2) is 9.05. The van der Waals surface area contributed by atoms with Gasteiger partial charge in [-0.25, -0.2) is 9.59 Å². The van der Waals surface area contributed by atoms with Gasteiger partial charge in [0.25, 0.3) is 5.91 Å². The number of aryl methyl sites for hydroxylation is 2. The summed E-state index contributed by atoms with van der Waals surface area (Å²) in [5, 5.41) is 12.1. The SMILES string of the molecule is CCOC(=O)c1c(NC(=O)COC(=O)c2ccc(C)cc2O)oc(C)c1C(C)=O. The lowest BCUT2D eigenvalue weighted by molar-refractivity contribution is -0.119. The van der Waals surface area contributed by atoms with Crippen molar-refractivity contribution in [3.05, 3.63) is 46.2 Å². The second-order valence-electron chi connectivity index (χ2n) is 6.16. The normalized spacial score (nSPS) is 10.3. The molecule has 2 N–H and O–H groups in total. The highest BCUT2D eigenvalue weighted by Crippen LogP contribution is 2.28. The lowest BCUT2D eigenvalue weighted by Gasteiger charge is -2.08. The number of rotatable bonds is 7. The third kappa shape index (κ3) is 5.01. The van der Waals surface area contributed by atoms with E-state index in [1.54, 1.807) is 19.9 Å². The standard InChI is InChI=1S/C20H21NO8/c1-5-27-20(26)17-16(11(3)22)12(4)29-18(17)21-15(24)9-28-19(25)13-7-6-10(2)8-14(13)23/h6-8,23H,5,9H2,1-4H3,(H,21,24). The Morgan fingerprint density at radius 1 is 1.07 bits per heavy atom. The third-order valence-corrected chi connectivity index (χ3v) is 3.88. The average molecular weight is 403 g/mol. The summed E-state index contributed by atoms with van der Waals surface area (Å²) in [5.74, 6) is -3.37. The number of ether oxygens (including phenoxy) is 2. The van der Waals surface area contributed by atoms with Gasteiger partial charge in [-0.2, -0.15) is 0 Å². The van der Waals surface area contributed by atoms with Crippen molar-refractivity contribution >= 4 is 29.5 Å². The molecule has 0 saturated carbocycles. The molecular formula is C20H21NO8. The highest BCUT2D eigenvalue weighted by atomic mass is 16.5. The molecular weight excluding hydrogens is 382 g/mol. The van der Waals surface area contributed by atoms with Crippen molar-refractivity contribution in [1.82, 2.24) is 0 Å². The maximum absolute atomic E-state index is 12.2. The molecule has 29 heavy (non-hydrogen) atoms. The molecule has 0 unspecified atom stereocenters. The number of phenols is 1. The minimum absolute atomic E-state index is 0.000299. The first-order valence-electron chi connectivity index (χ1n) is 8.73. The fraction of sp³-hybridized carbons (Fsp3) is 0.300. The van der Waals surface area contributed by atoms with Crippen molar-refractivity contribution in [2.24, 2.45) is 0 Å². The summed E-state index contributed by atoms with van der Waals surface area (Å²) in [6.45, 7) is 5.41. The van der Waals surface area contributed by atoms with Crippen LogP contribution in [0, 0.1) is 13.8 Å². The van der Waals surface area contributed by atoms with Crippen molar-refractivity contribution in [1.29, 1.82) is 0 Å². The number of benzene rings is 1. The van der Waals surface area contributed by atoms with E-state index in [4.69, 9.17) is 13.9 Å². The van der Waals surface area contributed by atoms with Gasteiger partial charge >= 0.3 is 11.9 Å². The molecule has 2 rings (SSSR count). The topological polar surface area (TPSA) is 132 Å². The predicted octanol–water partition coefficient (Wildman–Crippen LogP) is 2.78. The molecule has 0 fully saturated rings. The first kappa shape index (κ1) is 21.7. The molecule has 2 aromatic rings. The number of esters is 2. The van der Waals surface area contributed by atoms with Gasteiger partial charge in [-0.15, -0.1) is 0 Å². The van der Waals surface area contributed by atoms with Gasteiger partial charge < -0.3 is 19.0 Å². The van der Waals surface area contributed by atoms with Crippen LogP contribution >= 0.6 is 0 Å². The number of furan rings is 1. The Bertz CT molecular complexity index is 973. The maximum Gasteiger partial charge on any atom is 0.344 e. The van der Waals surface area contributed by atoms with Crippen LogP contribution < -0.4 is 5.32 Å². The van der Waals surface area contributed by atoms with Crippen LogP contribution in [0.15, 0.2) is 22.6 Å². The summed E-state index contributed by atoms with van der Waals surface area (Å²) < 4.78 is 15.1. The number of carbonyl (C=O) groups is 4. The number of Topliss-reactive ketones (excluding diaryl/α,β-unsaturated/α-hetero) is 1. The molecule has 0 bridgehead atoms. The zero-order valence-electron chi connectivity index (χ0n) is 16.5. The number of ketones is 1. The summed E-state index contributed by atoms with van der Waals surface area (Å²) in [5.41, 5.74) is 0.453. The van der Waals surface area contributed by atoms with E-state index in [0.717, 1.165) is 5.56 Å². The molecule has 0 aliphatic carbocycles. The van der Waals surface area contributed by atoms with E-state index in [0.29, 0.717) is 0 Å². The van der Waals surface area contributed by atoms with E-state index in [2.05, 4.69) is 5.32 Å². The number of carbonyl (C=O) groups excluding carboxylic acids is 4. The minimum Gasteiger partial charge on any atom is -0.507 e. The number of hydrogen-bond donors (Lipinski definition) is 2. The summed E-state index contributed by atoms with van der Waals surface area (Å²) >= 11 is 0. The van der Waals surface area contributed by atoms with E-state index in [9.17, 15) is 24.3 Å². The van der Waals surface area contributed by atoms with Gasteiger partial charge in [0.15, 0.2) is 12.4 Å². The van der Waals surface area contributed by atoms with Crippen molar-refractivity contribution < 1.29 is 38.2 Å². The van der Waals surface area contributed by atoms with Crippen LogP contribution in [0.25, 0.3) is 0 Å². The molecule has 0 aliphatic heterocycles. The number of anilines is 1. The van der Waals surface area contributed by atoms with Gasteiger partial charge in [-0.1, -0.05) is 6.07 Å². The first-order chi connectivity index (χ1) is 13.6. The summed E-state index contributed by atoms with van der Waals surface area (Å²) in [4.78, 5) is 48.3. The van der Waals surface area contributed by atoms with Crippen molar-refractivity contribution in [2.45, 2.75) is 27.7 Å². The van der Waals surface area contributed by atoms with E-state index in [-0.39, 0.29) is 40.7 Å². The van der Waals surface area contributed by atoms with Gasteiger partial charge in [0.05, 0.1) is 12.2 Å². The van der Waals surface area contributed by atoms with Crippen LogP contribution in [-0.2, 0) is 14.3 Å². The number of nitrogens with one attached hydrogen (secondary N) is 1. The Hall–Kier alpha value is -3.62. The van der Waals surface area contributed by atoms with Gasteiger partial charge in [-0.3, -0.25) is 14.9 Å². The van der Waals surface area contributed by atoms with Crippen molar-refractivity contribution in [3.63, 3.8) is 0 Å². The molecule has 9 nitrogen and oxygen atoms in total. The monoisotopic (exact) mass is 403 g/mol. The molecule has 1 aromatic heterocycles. The molecule has 1 amide bonds. The third-order valence-electron chi connectivity index (χ3n) is 3.88. The molecule has 0 atom stereocenters. The minimum atomic E-state index is -0.900. The number of aromatic hydroxyl groups is 1. The fourth-order valence-electron chi connectivity index (χ4n) is 2.64.